The van der Waals surface area contributed by atoms with Gasteiger partial charge in [-0.15, -0.1) is 0 Å². The van der Waals surface area contributed by atoms with Crippen LogP contribution >= 0.6 is 0 Å². The van der Waals surface area contributed by atoms with Crippen molar-refractivity contribution >= 4 is 5.91 Å². The molecule has 3 N–H and O–H groups in total. The predicted molar refractivity (Wildman–Crippen MR) is 56.7 cm³/mol. The Labute approximate surface area is 88.9 Å². The number of carbonyl (C=O) groups excluding carboxylic acids is 1. The van der Waals surface area contributed by atoms with Crippen molar-refractivity contribution in [3.63, 3.8) is 0 Å². The molecule has 0 spiro atoms. The Balaban J connectivity index is 2.77. The SMILES string of the molecule is CC[C@H](CO)NC(=O)c1c(C)n[nH]c1C. The molecule has 0 unspecified atom stereocenters. The van der Waals surface area contributed by atoms with Gasteiger partial charge in [0.05, 0.1) is 23.9 Å². The van der Waals surface area contributed by atoms with E-state index in [0.29, 0.717) is 17.7 Å². The molecule has 0 aromatic carbocycles. The van der Waals surface area contributed by atoms with E-state index in [2.05, 4.69) is 15.5 Å². The number of rotatable bonds is 4. The summed E-state index contributed by atoms with van der Waals surface area (Å²) in [5.74, 6) is -0.181. The zero-order valence-corrected chi connectivity index (χ0v) is 9.29. The molecule has 1 amide bonds. The first kappa shape index (κ1) is 11.7. The maximum Gasteiger partial charge on any atom is 0.255 e. The van der Waals surface area contributed by atoms with Crippen molar-refractivity contribution in [2.45, 2.75) is 33.2 Å². The molecule has 84 valence electrons. The molecule has 0 aliphatic rings. The fraction of sp³-hybridized carbons (Fsp3) is 0.600. The van der Waals surface area contributed by atoms with Gasteiger partial charge in [-0.1, -0.05) is 6.92 Å². The molecule has 0 bridgehead atoms. The van der Waals surface area contributed by atoms with Crippen LogP contribution in [0.4, 0.5) is 0 Å². The van der Waals surface area contributed by atoms with Gasteiger partial charge in [-0.25, -0.2) is 0 Å². The number of H-pyrrole nitrogens is 1. The smallest absolute Gasteiger partial charge is 0.255 e. The van der Waals surface area contributed by atoms with Crippen molar-refractivity contribution in [1.29, 1.82) is 0 Å². The van der Waals surface area contributed by atoms with Gasteiger partial charge in [-0.3, -0.25) is 9.89 Å². The zero-order chi connectivity index (χ0) is 11.4. The first-order chi connectivity index (χ1) is 7.10. The van der Waals surface area contributed by atoms with E-state index >= 15 is 0 Å². The first-order valence-corrected chi connectivity index (χ1v) is 5.03. The van der Waals surface area contributed by atoms with Crippen molar-refractivity contribution in [2.75, 3.05) is 6.61 Å². The summed E-state index contributed by atoms with van der Waals surface area (Å²) in [5, 5.41) is 18.4. The summed E-state index contributed by atoms with van der Waals surface area (Å²) in [6.45, 7) is 5.45. The van der Waals surface area contributed by atoms with Crippen LogP contribution in [-0.2, 0) is 0 Å². The molecular formula is C10H17N3O2. The van der Waals surface area contributed by atoms with Gasteiger partial charge >= 0.3 is 0 Å². The van der Waals surface area contributed by atoms with Gasteiger partial charge in [0.25, 0.3) is 5.91 Å². The zero-order valence-electron chi connectivity index (χ0n) is 9.29. The lowest BCUT2D eigenvalue weighted by molar-refractivity contribution is 0.0914. The largest absolute Gasteiger partial charge is 0.394 e. The molecule has 1 aromatic rings. The topological polar surface area (TPSA) is 78.0 Å². The Morgan fingerprint density at radius 2 is 2.27 bits per heavy atom. The predicted octanol–water partition coefficient (Wildman–Crippen LogP) is 0.527. The Morgan fingerprint density at radius 1 is 1.60 bits per heavy atom. The lowest BCUT2D eigenvalue weighted by Gasteiger charge is -2.13. The fourth-order valence-electron chi connectivity index (χ4n) is 1.42. The monoisotopic (exact) mass is 211 g/mol. The van der Waals surface area contributed by atoms with E-state index in [1.54, 1.807) is 13.8 Å². The van der Waals surface area contributed by atoms with E-state index in [1.807, 2.05) is 6.92 Å². The molecule has 0 saturated heterocycles. The van der Waals surface area contributed by atoms with Crippen LogP contribution in [-0.4, -0.2) is 33.9 Å². The molecule has 0 aliphatic carbocycles. The minimum atomic E-state index is -0.189. The molecule has 0 fully saturated rings. The van der Waals surface area contributed by atoms with Gasteiger partial charge in [0, 0.05) is 5.69 Å². The van der Waals surface area contributed by atoms with Crippen LogP contribution in [0.15, 0.2) is 0 Å². The van der Waals surface area contributed by atoms with Crippen LogP contribution in [0.25, 0.3) is 0 Å². The minimum absolute atomic E-state index is 0.0435. The van der Waals surface area contributed by atoms with Crippen LogP contribution < -0.4 is 5.32 Å². The molecule has 0 saturated carbocycles. The molecular weight excluding hydrogens is 194 g/mol. The van der Waals surface area contributed by atoms with E-state index in [-0.39, 0.29) is 18.6 Å². The number of aromatic amines is 1. The number of nitrogens with zero attached hydrogens (tertiary/aromatic N) is 1. The highest BCUT2D eigenvalue weighted by atomic mass is 16.3. The number of aliphatic hydroxyl groups excluding tert-OH is 1. The van der Waals surface area contributed by atoms with Crippen molar-refractivity contribution in [3.05, 3.63) is 17.0 Å². The van der Waals surface area contributed by atoms with Gasteiger partial charge in [-0.2, -0.15) is 5.10 Å². The van der Waals surface area contributed by atoms with Crippen LogP contribution in [0.5, 0.6) is 0 Å². The first-order valence-electron chi connectivity index (χ1n) is 5.03. The number of hydrogen-bond acceptors (Lipinski definition) is 3. The number of amides is 1. The second kappa shape index (κ2) is 4.93. The number of aryl methyl sites for hydroxylation is 2. The normalized spacial score (nSPS) is 12.5. The molecule has 1 aromatic heterocycles. The van der Waals surface area contributed by atoms with Crippen LogP contribution in [0.1, 0.15) is 35.1 Å². The van der Waals surface area contributed by atoms with Crippen molar-refractivity contribution in [3.8, 4) is 0 Å². The summed E-state index contributed by atoms with van der Waals surface area (Å²) in [5.41, 5.74) is 2.00. The number of aromatic nitrogens is 2. The van der Waals surface area contributed by atoms with E-state index in [1.165, 1.54) is 0 Å². The molecule has 0 radical (unpaired) electrons. The number of aliphatic hydroxyl groups is 1. The summed E-state index contributed by atoms with van der Waals surface area (Å²) in [7, 11) is 0. The van der Waals surface area contributed by atoms with Crippen molar-refractivity contribution < 1.29 is 9.90 Å². The second-order valence-electron chi connectivity index (χ2n) is 3.57. The lowest BCUT2D eigenvalue weighted by Crippen LogP contribution is -2.37. The fourth-order valence-corrected chi connectivity index (χ4v) is 1.42. The quantitative estimate of drug-likeness (QED) is 0.679. The lowest BCUT2D eigenvalue weighted by atomic mass is 10.1. The summed E-state index contributed by atoms with van der Waals surface area (Å²) < 4.78 is 0. The summed E-state index contributed by atoms with van der Waals surface area (Å²) in [6, 6.07) is -0.189. The molecule has 5 heteroatoms. The Kier molecular flexibility index (Phi) is 3.85. The maximum atomic E-state index is 11.8. The van der Waals surface area contributed by atoms with Gasteiger partial charge in [0.2, 0.25) is 0 Å². The molecule has 1 heterocycles. The van der Waals surface area contributed by atoms with Gasteiger partial charge in [0.15, 0.2) is 0 Å². The van der Waals surface area contributed by atoms with E-state index in [4.69, 9.17) is 5.11 Å². The number of hydrogen-bond donors (Lipinski definition) is 3. The second-order valence-corrected chi connectivity index (χ2v) is 3.57. The third kappa shape index (κ3) is 2.56. The average molecular weight is 211 g/mol. The van der Waals surface area contributed by atoms with E-state index < -0.39 is 0 Å². The molecule has 1 atom stereocenters. The van der Waals surface area contributed by atoms with Crippen LogP contribution in [0.3, 0.4) is 0 Å². The molecule has 5 nitrogen and oxygen atoms in total. The minimum Gasteiger partial charge on any atom is -0.394 e. The Morgan fingerprint density at radius 3 is 2.67 bits per heavy atom. The third-order valence-electron chi connectivity index (χ3n) is 2.40. The highest BCUT2D eigenvalue weighted by Gasteiger charge is 2.17. The van der Waals surface area contributed by atoms with E-state index in [0.717, 1.165) is 5.69 Å². The third-order valence-corrected chi connectivity index (χ3v) is 2.40. The van der Waals surface area contributed by atoms with E-state index in [9.17, 15) is 4.79 Å². The van der Waals surface area contributed by atoms with Crippen molar-refractivity contribution in [2.24, 2.45) is 0 Å². The molecule has 1 rings (SSSR count). The summed E-state index contributed by atoms with van der Waals surface area (Å²) in [6.07, 6.45) is 0.707. The number of carbonyl (C=O) groups is 1. The molecule has 15 heavy (non-hydrogen) atoms. The van der Waals surface area contributed by atoms with Crippen LogP contribution in [0, 0.1) is 13.8 Å². The maximum absolute atomic E-state index is 11.8. The molecule has 0 aliphatic heterocycles. The highest BCUT2D eigenvalue weighted by Crippen LogP contribution is 2.09. The Hall–Kier alpha value is -1.36. The number of nitrogens with one attached hydrogen (secondary N) is 2. The standard InChI is InChI=1S/C10H17N3O2/c1-4-8(5-14)11-10(15)9-6(2)12-13-7(9)3/h8,14H,4-5H2,1-3H3,(H,11,15)(H,12,13)/t8-/m1/s1. The Bertz CT molecular complexity index is 323. The summed E-state index contributed by atoms with van der Waals surface area (Å²) in [4.78, 5) is 11.8. The van der Waals surface area contributed by atoms with Crippen LogP contribution in [0.2, 0.25) is 0 Å². The van der Waals surface area contributed by atoms with Gasteiger partial charge < -0.3 is 10.4 Å². The highest BCUT2D eigenvalue weighted by molar-refractivity contribution is 5.96. The average Bonchev–Trinajstić information content (AvgIpc) is 2.55. The van der Waals surface area contributed by atoms with Crippen molar-refractivity contribution in [1.82, 2.24) is 15.5 Å². The van der Waals surface area contributed by atoms with Gasteiger partial charge in [0.1, 0.15) is 0 Å². The van der Waals surface area contributed by atoms with Gasteiger partial charge in [-0.05, 0) is 20.3 Å². The summed E-state index contributed by atoms with van der Waals surface area (Å²) >= 11 is 0.